The molecule has 2 aromatic rings. The molecule has 0 saturated carbocycles. The van der Waals surface area contributed by atoms with Gasteiger partial charge in [0, 0.05) is 5.69 Å². The van der Waals surface area contributed by atoms with E-state index in [1.807, 2.05) is 12.1 Å². The van der Waals surface area contributed by atoms with Gasteiger partial charge in [-0.15, -0.1) is 0 Å². The van der Waals surface area contributed by atoms with E-state index in [0.29, 0.717) is 10.7 Å². The molecule has 0 fully saturated rings. The summed E-state index contributed by atoms with van der Waals surface area (Å²) in [4.78, 5) is 29.0. The molecule has 1 N–H and O–H groups in total. The van der Waals surface area contributed by atoms with E-state index < -0.39 is 11.2 Å². The smallest absolute Gasteiger partial charge is 0.340 e. The van der Waals surface area contributed by atoms with E-state index >= 15 is 0 Å². The minimum Gasteiger partial charge on any atom is -0.462 e. The van der Waals surface area contributed by atoms with Gasteiger partial charge in [-0.1, -0.05) is 17.8 Å². The number of benzene rings is 1. The Hall–Kier alpha value is -2.85. The van der Waals surface area contributed by atoms with E-state index in [9.17, 15) is 14.9 Å². The van der Waals surface area contributed by atoms with Crippen LogP contribution in [-0.4, -0.2) is 28.7 Å². The zero-order valence-electron chi connectivity index (χ0n) is 16.7. The summed E-state index contributed by atoms with van der Waals surface area (Å²) in [6.07, 6.45) is 3.30. The number of thioether (sulfide) groups is 1. The Morgan fingerprint density at radius 1 is 1.31 bits per heavy atom. The van der Waals surface area contributed by atoms with Gasteiger partial charge in [0.2, 0.25) is 5.91 Å². The molecule has 1 aromatic carbocycles. The minimum absolute atomic E-state index is 0.161. The number of anilines is 1. The van der Waals surface area contributed by atoms with Crippen LogP contribution in [0.15, 0.2) is 29.3 Å². The molecule has 7 heteroatoms. The number of nitrogens with zero attached hydrogens (tertiary/aromatic N) is 2. The molecule has 1 aromatic heterocycles. The van der Waals surface area contributed by atoms with Crippen LogP contribution in [0.1, 0.15) is 53.0 Å². The molecule has 29 heavy (non-hydrogen) atoms. The lowest BCUT2D eigenvalue weighted by molar-refractivity contribution is -0.115. The zero-order valence-corrected chi connectivity index (χ0v) is 17.6. The van der Waals surface area contributed by atoms with Crippen molar-refractivity contribution in [2.75, 3.05) is 11.9 Å². The number of carbonyl (C=O) groups is 2. The lowest BCUT2D eigenvalue weighted by Crippen LogP contribution is -2.23. The van der Waals surface area contributed by atoms with Crippen LogP contribution in [0.4, 0.5) is 5.69 Å². The first-order valence-electron chi connectivity index (χ1n) is 9.61. The molecule has 1 aliphatic rings. The third kappa shape index (κ3) is 4.77. The van der Waals surface area contributed by atoms with Gasteiger partial charge in [0.1, 0.15) is 11.1 Å². The number of fused-ring (bicyclic) bond motifs is 1. The molecule has 0 aliphatic heterocycles. The number of aryl methyl sites for hydroxylation is 3. The highest BCUT2D eigenvalue weighted by Gasteiger charge is 2.21. The number of amides is 1. The predicted octanol–water partition coefficient (Wildman–Crippen LogP) is 4.05. The Balaban J connectivity index is 1.73. The van der Waals surface area contributed by atoms with E-state index in [1.165, 1.54) is 29.0 Å². The fourth-order valence-corrected chi connectivity index (χ4v) is 4.21. The fourth-order valence-electron chi connectivity index (χ4n) is 3.28. The third-order valence-corrected chi connectivity index (χ3v) is 5.92. The normalized spacial score (nSPS) is 13.3. The van der Waals surface area contributed by atoms with Crippen molar-refractivity contribution in [2.45, 2.75) is 50.3 Å². The van der Waals surface area contributed by atoms with Crippen LogP contribution in [0.25, 0.3) is 0 Å². The predicted molar refractivity (Wildman–Crippen MR) is 112 cm³/mol. The van der Waals surface area contributed by atoms with Crippen LogP contribution in [0.3, 0.4) is 0 Å². The van der Waals surface area contributed by atoms with Gasteiger partial charge in [-0.05, 0) is 69.4 Å². The van der Waals surface area contributed by atoms with E-state index in [-0.39, 0.29) is 23.6 Å². The van der Waals surface area contributed by atoms with Crippen LogP contribution in [0.5, 0.6) is 0 Å². The van der Waals surface area contributed by atoms with E-state index in [2.05, 4.69) is 22.4 Å². The molecule has 1 aliphatic carbocycles. The minimum atomic E-state index is -0.507. The number of nitrogens with one attached hydrogen (secondary N) is 1. The summed E-state index contributed by atoms with van der Waals surface area (Å²) in [5.41, 5.74) is 4.41. The Labute approximate surface area is 174 Å². The van der Waals surface area contributed by atoms with Gasteiger partial charge in [-0.25, -0.2) is 9.78 Å². The van der Waals surface area contributed by atoms with Gasteiger partial charge in [-0.3, -0.25) is 4.79 Å². The van der Waals surface area contributed by atoms with Crippen LogP contribution in [0, 0.1) is 18.3 Å². The first-order chi connectivity index (χ1) is 13.9. The number of hydrogen-bond donors (Lipinski definition) is 1. The molecule has 150 valence electrons. The first kappa shape index (κ1) is 20.9. The van der Waals surface area contributed by atoms with Gasteiger partial charge in [0.25, 0.3) is 0 Å². The van der Waals surface area contributed by atoms with Crippen molar-refractivity contribution in [1.82, 2.24) is 4.98 Å². The lowest BCUT2D eigenvalue weighted by Gasteiger charge is -2.14. The fraction of sp³-hybridized carbons (Fsp3) is 0.364. The molecule has 0 saturated heterocycles. The van der Waals surface area contributed by atoms with Crippen LogP contribution >= 0.6 is 11.8 Å². The standard InChI is InChI=1S/C22H23N3O3S/c1-4-28-22(27)19-11-17(12-23)21(24-13(19)2)29-14(3)20(26)25-18-9-8-15-6-5-7-16(15)10-18/h8-11,14H,4-7H2,1-3H3,(H,25,26)/t14-/m0/s1. The average molecular weight is 410 g/mol. The largest absolute Gasteiger partial charge is 0.462 e. The Bertz CT molecular complexity index is 998. The molecule has 0 bridgehead atoms. The molecule has 1 amide bonds. The zero-order chi connectivity index (χ0) is 21.0. The van der Waals surface area contributed by atoms with Crippen molar-refractivity contribution in [1.29, 1.82) is 5.26 Å². The maximum atomic E-state index is 12.6. The summed E-state index contributed by atoms with van der Waals surface area (Å²) in [5.74, 6) is -0.668. The second-order valence-electron chi connectivity index (χ2n) is 6.89. The molecule has 1 atom stereocenters. The monoisotopic (exact) mass is 409 g/mol. The molecule has 0 unspecified atom stereocenters. The van der Waals surface area contributed by atoms with Gasteiger partial charge in [-0.2, -0.15) is 5.26 Å². The Morgan fingerprint density at radius 2 is 2.07 bits per heavy atom. The van der Waals surface area contributed by atoms with Gasteiger partial charge >= 0.3 is 5.97 Å². The number of pyridine rings is 1. The topological polar surface area (TPSA) is 92.1 Å². The van der Waals surface area contributed by atoms with E-state index in [0.717, 1.165) is 24.9 Å². The Morgan fingerprint density at radius 3 is 2.79 bits per heavy atom. The van der Waals surface area contributed by atoms with E-state index in [1.54, 1.807) is 20.8 Å². The highest BCUT2D eigenvalue weighted by molar-refractivity contribution is 8.00. The van der Waals surface area contributed by atoms with Crippen molar-refractivity contribution in [3.63, 3.8) is 0 Å². The number of aromatic nitrogens is 1. The molecule has 6 nitrogen and oxygen atoms in total. The molecule has 1 heterocycles. The second kappa shape index (κ2) is 9.10. The average Bonchev–Trinajstić information content (AvgIpc) is 3.16. The van der Waals surface area contributed by atoms with Crippen molar-refractivity contribution >= 4 is 29.3 Å². The highest BCUT2D eigenvalue weighted by Crippen LogP contribution is 2.29. The van der Waals surface area contributed by atoms with Crippen LogP contribution in [0.2, 0.25) is 0 Å². The molecular formula is C22H23N3O3S. The SMILES string of the molecule is CCOC(=O)c1cc(C#N)c(S[C@@H](C)C(=O)Nc2ccc3c(c2)CCC3)nc1C. The maximum Gasteiger partial charge on any atom is 0.340 e. The lowest BCUT2D eigenvalue weighted by atomic mass is 10.1. The van der Waals surface area contributed by atoms with Gasteiger partial charge < -0.3 is 10.1 Å². The molecule has 0 radical (unpaired) electrons. The van der Waals surface area contributed by atoms with E-state index in [4.69, 9.17) is 4.74 Å². The summed E-state index contributed by atoms with van der Waals surface area (Å²) in [6, 6.07) is 9.58. The van der Waals surface area contributed by atoms with Crippen molar-refractivity contribution in [2.24, 2.45) is 0 Å². The van der Waals surface area contributed by atoms with Crippen molar-refractivity contribution in [3.05, 3.63) is 52.2 Å². The number of ether oxygens (including phenoxy) is 1. The highest BCUT2D eigenvalue weighted by atomic mass is 32.2. The summed E-state index contributed by atoms with van der Waals surface area (Å²) >= 11 is 1.20. The first-order valence-corrected chi connectivity index (χ1v) is 10.5. The molecular weight excluding hydrogens is 386 g/mol. The number of rotatable bonds is 6. The van der Waals surface area contributed by atoms with Crippen molar-refractivity contribution in [3.8, 4) is 6.07 Å². The van der Waals surface area contributed by atoms with Gasteiger partial charge in [0.05, 0.1) is 28.7 Å². The number of nitriles is 1. The summed E-state index contributed by atoms with van der Waals surface area (Å²) in [6.45, 7) is 5.42. The van der Waals surface area contributed by atoms with Crippen LogP contribution < -0.4 is 5.32 Å². The van der Waals surface area contributed by atoms with Crippen molar-refractivity contribution < 1.29 is 14.3 Å². The third-order valence-electron chi connectivity index (χ3n) is 4.82. The second-order valence-corrected chi connectivity index (χ2v) is 8.22. The van der Waals surface area contributed by atoms with Crippen LogP contribution in [-0.2, 0) is 22.4 Å². The maximum absolute atomic E-state index is 12.6. The number of carbonyl (C=O) groups excluding carboxylic acids is 2. The molecule has 3 rings (SSSR count). The summed E-state index contributed by atoms with van der Waals surface area (Å²) in [5, 5.41) is 12.4. The van der Waals surface area contributed by atoms with Gasteiger partial charge in [0.15, 0.2) is 0 Å². The summed E-state index contributed by atoms with van der Waals surface area (Å²) in [7, 11) is 0. The quantitative estimate of drug-likeness (QED) is 0.572. The number of esters is 1. The summed E-state index contributed by atoms with van der Waals surface area (Å²) < 4.78 is 5.01. The molecule has 0 spiro atoms. The number of hydrogen-bond acceptors (Lipinski definition) is 6. The Kier molecular flexibility index (Phi) is 6.55.